The first-order valence-corrected chi connectivity index (χ1v) is 25.8. The molecule has 0 unspecified atom stereocenters. The molecular formula is C66H34B2N2O6. The second-order valence-electron chi connectivity index (χ2n) is 20.6. The molecule has 350 valence electrons. The molecule has 76 heavy (non-hydrogen) atoms. The molecular weight excluding hydrogens is 938 g/mol. The fourth-order valence-electron chi connectivity index (χ4n) is 13.5. The van der Waals surface area contributed by atoms with Gasteiger partial charge in [0.05, 0.1) is 33.4 Å². The number of benzene rings is 11. The molecule has 0 radical (unpaired) electrons. The Morgan fingerprint density at radius 2 is 0.632 bits per heavy atom. The lowest BCUT2D eigenvalue weighted by atomic mass is 9.32. The molecule has 10 heteroatoms. The first kappa shape index (κ1) is 39.5. The first-order chi connectivity index (χ1) is 37.6. The Kier molecular flexibility index (Phi) is 7.25. The molecule has 0 aliphatic carbocycles. The van der Waals surface area contributed by atoms with Crippen molar-refractivity contribution in [1.82, 2.24) is 9.13 Å². The lowest BCUT2D eigenvalue weighted by molar-refractivity contribution is 0.457. The van der Waals surface area contributed by atoms with Crippen molar-refractivity contribution in [1.29, 1.82) is 0 Å². The van der Waals surface area contributed by atoms with Crippen LogP contribution in [0.25, 0.3) is 98.9 Å². The standard InChI is InChI=1S/C66H34B2N2O6/c1-7-19-49-37(13-1)41-29-43-39-15-3-9-21-53(39)71-57(43)33-51(41)69(49)35-25-61-65-63(27-35)75-59-31-48-60(32-47(59)67(65)45-17-5-11-23-55(45)73-61)76-64-28-36(26-62-66(64)68(48)46-18-6-12-24-56(46)74-62)70-50-20-8-2-14-38(50)42-30-44-40-16-4-10-22-54(40)72-58(44)34-52(42)70/h1-34H. The van der Waals surface area contributed by atoms with E-state index in [2.05, 4.69) is 179 Å². The van der Waals surface area contributed by atoms with E-state index in [0.717, 1.165) is 178 Å². The van der Waals surface area contributed by atoms with Crippen LogP contribution in [0, 0.1) is 0 Å². The fraction of sp³-hybridized carbons (Fsp3) is 0. The molecule has 0 saturated heterocycles. The third-order valence-electron chi connectivity index (χ3n) is 16.7. The van der Waals surface area contributed by atoms with Gasteiger partial charge in [0.25, 0.3) is 13.4 Å². The van der Waals surface area contributed by atoms with Crippen LogP contribution < -0.4 is 51.7 Å². The number of nitrogens with zero attached hydrogens (tertiary/aromatic N) is 2. The van der Waals surface area contributed by atoms with Gasteiger partial charge in [-0.25, -0.2) is 0 Å². The molecule has 11 aromatic carbocycles. The molecule has 19 rings (SSSR count). The average Bonchev–Trinajstić information content (AvgIpc) is 4.31. The molecule has 0 fully saturated rings. The van der Waals surface area contributed by atoms with Crippen LogP contribution in [0.1, 0.15) is 0 Å². The third kappa shape index (κ3) is 5.05. The molecule has 4 aliphatic rings. The van der Waals surface area contributed by atoms with Crippen LogP contribution in [0.15, 0.2) is 215 Å². The van der Waals surface area contributed by atoms with Gasteiger partial charge in [0, 0.05) is 90.4 Å². The third-order valence-corrected chi connectivity index (χ3v) is 16.7. The van der Waals surface area contributed by atoms with Gasteiger partial charge in [0.15, 0.2) is 0 Å². The lowest BCUT2D eigenvalue weighted by Gasteiger charge is -2.37. The Morgan fingerprint density at radius 1 is 0.250 bits per heavy atom. The van der Waals surface area contributed by atoms with E-state index in [0.29, 0.717) is 0 Å². The predicted octanol–water partition coefficient (Wildman–Crippen LogP) is 13.1. The highest BCUT2D eigenvalue weighted by molar-refractivity contribution is 7.00. The highest BCUT2D eigenvalue weighted by atomic mass is 16.5. The van der Waals surface area contributed by atoms with Crippen molar-refractivity contribution >= 4 is 134 Å². The predicted molar refractivity (Wildman–Crippen MR) is 305 cm³/mol. The SMILES string of the molecule is c1ccc2c(c1)Oc1cc(-n3c4ccccc4c4cc5c(cc43)oc3ccccc35)cc3c1B2c1cc2c(cc1O3)B1c3ccccc3Oc3cc(-n4c5ccccc5c5cc6c(cc54)oc4ccccc46)cc(c31)O2. The van der Waals surface area contributed by atoms with Gasteiger partial charge in [-0.3, -0.25) is 0 Å². The molecule has 0 amide bonds. The summed E-state index contributed by atoms with van der Waals surface area (Å²) in [5.41, 5.74) is 15.6. The monoisotopic (exact) mass is 972 g/mol. The quantitative estimate of drug-likeness (QED) is 0.161. The Morgan fingerprint density at radius 3 is 1.09 bits per heavy atom. The maximum absolute atomic E-state index is 7.29. The zero-order chi connectivity index (χ0) is 49.1. The number of fused-ring (bicyclic) bond motifs is 20. The molecule has 0 spiro atoms. The van der Waals surface area contributed by atoms with Crippen LogP contribution in [-0.4, -0.2) is 22.6 Å². The lowest BCUT2D eigenvalue weighted by Crippen LogP contribution is -2.60. The van der Waals surface area contributed by atoms with Crippen LogP contribution in [0.3, 0.4) is 0 Å². The molecule has 15 aromatic rings. The summed E-state index contributed by atoms with van der Waals surface area (Å²) in [5.74, 6) is 6.17. The molecule has 0 bridgehead atoms. The fourth-order valence-corrected chi connectivity index (χ4v) is 13.5. The minimum Gasteiger partial charge on any atom is -0.458 e. The Hall–Kier alpha value is -10.1. The van der Waals surface area contributed by atoms with Gasteiger partial charge < -0.3 is 36.9 Å². The van der Waals surface area contributed by atoms with Gasteiger partial charge in [-0.15, -0.1) is 0 Å². The van der Waals surface area contributed by atoms with Crippen molar-refractivity contribution in [3.05, 3.63) is 206 Å². The largest absolute Gasteiger partial charge is 0.458 e. The van der Waals surface area contributed by atoms with E-state index in [1.165, 1.54) is 0 Å². The number of para-hydroxylation sites is 6. The number of ether oxygens (including phenoxy) is 4. The van der Waals surface area contributed by atoms with Crippen molar-refractivity contribution in [3.63, 3.8) is 0 Å². The van der Waals surface area contributed by atoms with Gasteiger partial charge in [-0.2, -0.15) is 0 Å². The number of hydrogen-bond acceptors (Lipinski definition) is 6. The van der Waals surface area contributed by atoms with Gasteiger partial charge >= 0.3 is 0 Å². The average molecular weight is 973 g/mol. The molecule has 0 atom stereocenters. The van der Waals surface area contributed by atoms with Crippen molar-refractivity contribution in [2.24, 2.45) is 0 Å². The summed E-state index contributed by atoms with van der Waals surface area (Å²) >= 11 is 0. The molecule has 4 aromatic heterocycles. The van der Waals surface area contributed by atoms with E-state index in [4.69, 9.17) is 27.8 Å². The van der Waals surface area contributed by atoms with Crippen molar-refractivity contribution in [3.8, 4) is 57.4 Å². The van der Waals surface area contributed by atoms with Crippen molar-refractivity contribution < 1.29 is 27.8 Å². The highest BCUT2D eigenvalue weighted by Crippen LogP contribution is 2.45. The van der Waals surface area contributed by atoms with Crippen LogP contribution in [0.2, 0.25) is 0 Å². The Bertz CT molecular complexity index is 4850. The first-order valence-electron chi connectivity index (χ1n) is 25.8. The van der Waals surface area contributed by atoms with Gasteiger partial charge in [0.1, 0.15) is 68.3 Å². The van der Waals surface area contributed by atoms with E-state index in [-0.39, 0.29) is 13.4 Å². The molecule has 8 nitrogen and oxygen atoms in total. The minimum absolute atomic E-state index is 0.201. The van der Waals surface area contributed by atoms with Crippen LogP contribution in [0.4, 0.5) is 0 Å². The summed E-state index contributed by atoms with van der Waals surface area (Å²) in [4.78, 5) is 0. The van der Waals surface area contributed by atoms with Crippen LogP contribution in [-0.2, 0) is 0 Å². The van der Waals surface area contributed by atoms with Crippen LogP contribution in [0.5, 0.6) is 46.0 Å². The summed E-state index contributed by atoms with van der Waals surface area (Å²) in [5, 5.41) is 8.99. The number of furan rings is 2. The highest BCUT2D eigenvalue weighted by Gasteiger charge is 2.45. The Labute approximate surface area is 432 Å². The van der Waals surface area contributed by atoms with E-state index < -0.39 is 0 Å². The maximum atomic E-state index is 7.29. The second-order valence-corrected chi connectivity index (χ2v) is 20.6. The van der Waals surface area contributed by atoms with E-state index >= 15 is 0 Å². The molecule has 0 saturated carbocycles. The number of aromatic nitrogens is 2. The van der Waals surface area contributed by atoms with E-state index in [1.807, 2.05) is 36.4 Å². The molecule has 4 aliphatic heterocycles. The summed E-state index contributed by atoms with van der Waals surface area (Å²) in [6.45, 7) is -0.402. The topological polar surface area (TPSA) is 73.1 Å². The molecule has 8 heterocycles. The maximum Gasteiger partial charge on any atom is 0.260 e. The van der Waals surface area contributed by atoms with Crippen molar-refractivity contribution in [2.75, 3.05) is 0 Å². The second kappa shape index (κ2) is 14.0. The normalized spacial score (nSPS) is 13.6. The summed E-state index contributed by atoms with van der Waals surface area (Å²) in [6, 6.07) is 72.5. The Balaban J connectivity index is 0.806. The van der Waals surface area contributed by atoms with E-state index in [9.17, 15) is 0 Å². The number of hydrogen-bond donors (Lipinski definition) is 0. The van der Waals surface area contributed by atoms with E-state index in [1.54, 1.807) is 0 Å². The summed E-state index contributed by atoms with van der Waals surface area (Å²) in [7, 11) is 0. The van der Waals surface area contributed by atoms with Crippen molar-refractivity contribution in [2.45, 2.75) is 0 Å². The van der Waals surface area contributed by atoms with Gasteiger partial charge in [0.2, 0.25) is 0 Å². The smallest absolute Gasteiger partial charge is 0.260 e. The van der Waals surface area contributed by atoms with Gasteiger partial charge in [-0.05, 0) is 82.5 Å². The summed E-state index contributed by atoms with van der Waals surface area (Å²) in [6.07, 6.45) is 0. The zero-order valence-corrected chi connectivity index (χ0v) is 40.1. The van der Waals surface area contributed by atoms with Crippen LogP contribution >= 0.6 is 0 Å². The minimum atomic E-state index is -0.201. The number of rotatable bonds is 2. The summed E-state index contributed by atoms with van der Waals surface area (Å²) < 4.78 is 46.1. The van der Waals surface area contributed by atoms with Gasteiger partial charge in [-0.1, -0.05) is 109 Å². The zero-order valence-electron chi connectivity index (χ0n) is 40.1. The molecule has 0 N–H and O–H groups in total.